The zero-order valence-corrected chi connectivity index (χ0v) is 14.9. The maximum atomic E-state index is 12.1. The van der Waals surface area contributed by atoms with Crippen molar-refractivity contribution in [1.29, 1.82) is 0 Å². The number of amides is 2. The summed E-state index contributed by atoms with van der Waals surface area (Å²) in [5, 5.41) is 5.89. The number of rotatable bonds is 7. The highest BCUT2D eigenvalue weighted by Gasteiger charge is 2.23. The van der Waals surface area contributed by atoms with E-state index in [9.17, 15) is 9.59 Å². The maximum Gasteiger partial charge on any atom is 0.286 e. The number of hydrogen-bond donors (Lipinski definition) is 2. The Hall–Kier alpha value is -2.56. The highest BCUT2D eigenvalue weighted by Crippen LogP contribution is 2.32. The van der Waals surface area contributed by atoms with E-state index in [0.717, 1.165) is 25.7 Å². The minimum atomic E-state index is -0.241. The fraction of sp³-hybridized carbons (Fsp3) is 0.429. The molecule has 0 aliphatic heterocycles. The average molecular weight is 354 g/mol. The molecule has 5 heteroatoms. The van der Waals surface area contributed by atoms with Crippen LogP contribution in [0.25, 0.3) is 0 Å². The van der Waals surface area contributed by atoms with Crippen molar-refractivity contribution >= 4 is 11.8 Å². The fourth-order valence-electron chi connectivity index (χ4n) is 3.54. The first-order chi connectivity index (χ1) is 12.7. The van der Waals surface area contributed by atoms with E-state index in [1.54, 1.807) is 12.1 Å². The second-order valence-electron chi connectivity index (χ2n) is 6.86. The van der Waals surface area contributed by atoms with Crippen LogP contribution in [0.15, 0.2) is 53.1 Å². The van der Waals surface area contributed by atoms with Crippen molar-refractivity contribution in [2.75, 3.05) is 6.54 Å². The predicted molar refractivity (Wildman–Crippen MR) is 99.9 cm³/mol. The predicted octanol–water partition coefficient (Wildman–Crippen LogP) is 3.63. The summed E-state index contributed by atoms with van der Waals surface area (Å²) in [6.07, 6.45) is 6.81. The molecule has 0 unspecified atom stereocenters. The van der Waals surface area contributed by atoms with E-state index in [-0.39, 0.29) is 17.9 Å². The molecule has 0 saturated heterocycles. The molecule has 3 rings (SSSR count). The lowest BCUT2D eigenvalue weighted by Gasteiger charge is -2.29. The lowest BCUT2D eigenvalue weighted by Crippen LogP contribution is -2.37. The van der Waals surface area contributed by atoms with Gasteiger partial charge in [-0.1, -0.05) is 30.3 Å². The molecule has 1 aliphatic carbocycles. The first-order valence-electron chi connectivity index (χ1n) is 9.38. The molecule has 1 saturated carbocycles. The number of carbonyl (C=O) groups excluding carboxylic acids is 2. The van der Waals surface area contributed by atoms with Gasteiger partial charge in [0.15, 0.2) is 5.76 Å². The number of nitrogens with one attached hydrogen (secondary N) is 2. The summed E-state index contributed by atoms with van der Waals surface area (Å²) in [4.78, 5) is 23.8. The summed E-state index contributed by atoms with van der Waals surface area (Å²) in [5.74, 6) is 0.737. The van der Waals surface area contributed by atoms with Gasteiger partial charge >= 0.3 is 0 Å². The smallest absolute Gasteiger partial charge is 0.286 e. The van der Waals surface area contributed by atoms with Crippen molar-refractivity contribution in [2.45, 2.75) is 50.5 Å². The fourth-order valence-corrected chi connectivity index (χ4v) is 3.54. The Morgan fingerprint density at radius 2 is 1.77 bits per heavy atom. The summed E-state index contributed by atoms with van der Waals surface area (Å²) in [6.45, 7) is 0.466. The van der Waals surface area contributed by atoms with Crippen LogP contribution in [0.5, 0.6) is 0 Å². The summed E-state index contributed by atoms with van der Waals surface area (Å²) in [5.41, 5.74) is 1.41. The van der Waals surface area contributed by atoms with Gasteiger partial charge in [-0.25, -0.2) is 0 Å². The van der Waals surface area contributed by atoms with Crippen molar-refractivity contribution in [3.8, 4) is 0 Å². The maximum absolute atomic E-state index is 12.1. The highest BCUT2D eigenvalue weighted by molar-refractivity contribution is 5.91. The van der Waals surface area contributed by atoms with Gasteiger partial charge in [0, 0.05) is 19.0 Å². The molecule has 1 heterocycles. The van der Waals surface area contributed by atoms with Gasteiger partial charge in [0.05, 0.1) is 6.26 Å². The zero-order valence-electron chi connectivity index (χ0n) is 14.9. The number of furan rings is 1. The monoisotopic (exact) mass is 354 g/mol. The van der Waals surface area contributed by atoms with Gasteiger partial charge < -0.3 is 15.1 Å². The third kappa shape index (κ3) is 5.22. The summed E-state index contributed by atoms with van der Waals surface area (Å²) in [6, 6.07) is 14.2. The first kappa shape index (κ1) is 18.2. The second kappa shape index (κ2) is 9.22. The van der Waals surface area contributed by atoms with Crippen LogP contribution in [-0.2, 0) is 4.79 Å². The Morgan fingerprint density at radius 3 is 2.46 bits per heavy atom. The summed E-state index contributed by atoms with van der Waals surface area (Å²) in [7, 11) is 0. The van der Waals surface area contributed by atoms with Crippen LogP contribution in [0, 0.1) is 0 Å². The van der Waals surface area contributed by atoms with E-state index in [1.807, 2.05) is 6.07 Å². The quantitative estimate of drug-likeness (QED) is 0.746. The van der Waals surface area contributed by atoms with Crippen molar-refractivity contribution < 1.29 is 14.0 Å². The molecule has 1 aromatic heterocycles. The lowest BCUT2D eigenvalue weighted by atomic mass is 9.82. The van der Waals surface area contributed by atoms with E-state index in [2.05, 4.69) is 34.9 Å². The second-order valence-corrected chi connectivity index (χ2v) is 6.86. The Bertz CT molecular complexity index is 689. The normalized spacial score (nSPS) is 19.7. The summed E-state index contributed by atoms with van der Waals surface area (Å²) >= 11 is 0. The van der Waals surface area contributed by atoms with Crippen LogP contribution in [0.4, 0.5) is 0 Å². The zero-order chi connectivity index (χ0) is 18.2. The van der Waals surface area contributed by atoms with Gasteiger partial charge in [-0.05, 0) is 55.7 Å². The third-order valence-electron chi connectivity index (χ3n) is 4.97. The Balaban J connectivity index is 1.30. The minimum absolute atomic E-state index is 0.0698. The Morgan fingerprint density at radius 1 is 1.00 bits per heavy atom. The van der Waals surface area contributed by atoms with E-state index in [4.69, 9.17) is 4.42 Å². The molecular weight excluding hydrogens is 328 g/mol. The van der Waals surface area contributed by atoms with Gasteiger partial charge in [-0.15, -0.1) is 0 Å². The van der Waals surface area contributed by atoms with Gasteiger partial charge in [-0.2, -0.15) is 0 Å². The van der Waals surface area contributed by atoms with Crippen molar-refractivity contribution in [3.05, 3.63) is 60.1 Å². The van der Waals surface area contributed by atoms with Crippen LogP contribution in [0.1, 0.15) is 60.6 Å². The third-order valence-corrected chi connectivity index (χ3v) is 4.97. The van der Waals surface area contributed by atoms with Crippen LogP contribution in [-0.4, -0.2) is 24.4 Å². The van der Waals surface area contributed by atoms with Gasteiger partial charge in [0.1, 0.15) is 0 Å². The molecule has 1 aliphatic rings. The largest absolute Gasteiger partial charge is 0.459 e. The molecular formula is C21H26N2O3. The van der Waals surface area contributed by atoms with E-state index >= 15 is 0 Å². The standard InChI is InChI=1S/C21H26N2O3/c24-20(9-4-14-22-21(25)19-8-5-15-26-19)23-18-12-10-17(11-13-18)16-6-2-1-3-7-16/h1-3,5-8,15,17-18H,4,9-14H2,(H,22,25)(H,23,24). The molecule has 138 valence electrons. The van der Waals surface area contributed by atoms with Gasteiger partial charge in [0.25, 0.3) is 5.91 Å². The molecule has 1 aromatic carbocycles. The molecule has 0 atom stereocenters. The summed E-state index contributed by atoms with van der Waals surface area (Å²) < 4.78 is 5.02. The van der Waals surface area contributed by atoms with Gasteiger partial charge in [-0.3, -0.25) is 9.59 Å². The van der Waals surface area contributed by atoms with E-state index in [1.165, 1.54) is 11.8 Å². The minimum Gasteiger partial charge on any atom is -0.459 e. The topological polar surface area (TPSA) is 71.3 Å². The Kier molecular flexibility index (Phi) is 6.47. The highest BCUT2D eigenvalue weighted by atomic mass is 16.3. The van der Waals surface area contributed by atoms with Crippen LogP contribution < -0.4 is 10.6 Å². The van der Waals surface area contributed by atoms with Crippen LogP contribution in [0.3, 0.4) is 0 Å². The van der Waals surface area contributed by atoms with E-state index < -0.39 is 0 Å². The molecule has 0 radical (unpaired) electrons. The SMILES string of the molecule is O=C(CCCNC(=O)c1ccco1)NC1CCC(c2ccccc2)CC1. The Labute approximate surface area is 154 Å². The molecule has 26 heavy (non-hydrogen) atoms. The molecule has 5 nitrogen and oxygen atoms in total. The first-order valence-corrected chi connectivity index (χ1v) is 9.38. The van der Waals surface area contributed by atoms with Crippen molar-refractivity contribution in [1.82, 2.24) is 10.6 Å². The number of hydrogen-bond acceptors (Lipinski definition) is 3. The molecule has 2 aromatic rings. The molecule has 2 N–H and O–H groups in total. The lowest BCUT2D eigenvalue weighted by molar-refractivity contribution is -0.122. The van der Waals surface area contributed by atoms with Crippen molar-refractivity contribution in [2.24, 2.45) is 0 Å². The average Bonchev–Trinajstić information content (AvgIpc) is 3.21. The van der Waals surface area contributed by atoms with Crippen LogP contribution in [0.2, 0.25) is 0 Å². The van der Waals surface area contributed by atoms with Crippen LogP contribution >= 0.6 is 0 Å². The van der Waals surface area contributed by atoms with Crippen molar-refractivity contribution in [3.63, 3.8) is 0 Å². The molecule has 0 spiro atoms. The van der Waals surface area contributed by atoms with Gasteiger partial charge in [0.2, 0.25) is 5.91 Å². The molecule has 1 fully saturated rings. The molecule has 0 bridgehead atoms. The number of carbonyl (C=O) groups is 2. The molecule has 2 amide bonds. The number of benzene rings is 1. The van der Waals surface area contributed by atoms with E-state index in [0.29, 0.717) is 31.1 Å².